The Morgan fingerprint density at radius 3 is 2.32 bits per heavy atom. The van der Waals surface area contributed by atoms with Crippen LogP contribution in [0.1, 0.15) is 0 Å². The highest BCUT2D eigenvalue weighted by atomic mass is 31.2. The lowest BCUT2D eigenvalue weighted by molar-refractivity contribution is 0.622. The normalized spacial score (nSPS) is 20.7. The quantitative estimate of drug-likeness (QED) is 0.437. The summed E-state index contributed by atoms with van der Waals surface area (Å²) in [4.78, 5) is 0. The maximum absolute atomic E-state index is 6.28. The Bertz CT molecular complexity index is 882. The molecule has 0 spiro atoms. The Morgan fingerprint density at radius 1 is 0.895 bits per heavy atom. The van der Waals surface area contributed by atoms with Crippen molar-refractivity contribution < 1.29 is 4.52 Å². The minimum absolute atomic E-state index is 0.975. The van der Waals surface area contributed by atoms with Crippen LogP contribution in [0.15, 0.2) is 53.3 Å². The monoisotopic (exact) mass is 267 g/mol. The van der Waals surface area contributed by atoms with Gasteiger partial charge in [0.05, 0.1) is 0 Å². The van der Waals surface area contributed by atoms with Crippen molar-refractivity contribution in [3.05, 3.63) is 48.5 Å². The molecule has 0 radical (unpaired) electrons. The van der Waals surface area contributed by atoms with Gasteiger partial charge in [-0.25, -0.2) is 0 Å². The number of benzene rings is 3. The highest BCUT2D eigenvalue weighted by molar-refractivity contribution is 7.69. The SMILES string of the molecule is CN=P1(C)Oc2cccc3ccc4cccc1c4c23. The van der Waals surface area contributed by atoms with Gasteiger partial charge < -0.3 is 4.52 Å². The minimum Gasteiger partial charge on any atom is -0.456 e. The molecule has 3 heteroatoms. The summed E-state index contributed by atoms with van der Waals surface area (Å²) in [5.41, 5.74) is 0. The van der Waals surface area contributed by atoms with E-state index in [1.807, 2.05) is 7.05 Å². The van der Waals surface area contributed by atoms with Crippen LogP contribution >= 0.6 is 7.28 Å². The molecule has 1 heterocycles. The van der Waals surface area contributed by atoms with Crippen LogP contribution in [-0.4, -0.2) is 13.7 Å². The molecule has 19 heavy (non-hydrogen) atoms. The fraction of sp³-hybridized carbons (Fsp3) is 0.125. The Balaban J connectivity index is 2.38. The molecule has 0 aromatic heterocycles. The Morgan fingerprint density at radius 2 is 1.58 bits per heavy atom. The van der Waals surface area contributed by atoms with Gasteiger partial charge >= 0.3 is 0 Å². The molecular weight excluding hydrogens is 253 g/mol. The summed E-state index contributed by atoms with van der Waals surface area (Å²) in [5, 5.41) is 6.33. The first kappa shape index (κ1) is 11.1. The first-order chi connectivity index (χ1) is 9.23. The zero-order valence-electron chi connectivity index (χ0n) is 10.9. The van der Waals surface area contributed by atoms with E-state index in [1.54, 1.807) is 0 Å². The van der Waals surface area contributed by atoms with E-state index in [4.69, 9.17) is 4.52 Å². The van der Waals surface area contributed by atoms with E-state index in [0.29, 0.717) is 0 Å². The first-order valence-electron chi connectivity index (χ1n) is 6.35. The number of nitrogens with zero attached hydrogens (tertiary/aromatic N) is 1. The molecule has 0 saturated carbocycles. The second-order valence-corrected chi connectivity index (χ2v) is 7.79. The van der Waals surface area contributed by atoms with Gasteiger partial charge in [-0.05, 0) is 22.9 Å². The molecule has 94 valence electrons. The van der Waals surface area contributed by atoms with Gasteiger partial charge in [-0.15, -0.1) is 0 Å². The third-order valence-electron chi connectivity index (χ3n) is 3.93. The van der Waals surface area contributed by atoms with Crippen molar-refractivity contribution in [2.24, 2.45) is 4.74 Å². The summed E-state index contributed by atoms with van der Waals surface area (Å²) in [6.07, 6.45) is 0. The zero-order chi connectivity index (χ0) is 13.0. The van der Waals surface area contributed by atoms with Crippen LogP contribution in [0.5, 0.6) is 5.75 Å². The Hall–Kier alpha value is -1.79. The number of hydrogen-bond acceptors (Lipinski definition) is 2. The number of rotatable bonds is 0. The third-order valence-corrected chi connectivity index (χ3v) is 6.51. The van der Waals surface area contributed by atoms with Crippen molar-refractivity contribution in [3.8, 4) is 5.75 Å². The van der Waals surface area contributed by atoms with Gasteiger partial charge in [0, 0.05) is 29.8 Å². The maximum Gasteiger partial charge on any atom is 0.160 e. The molecule has 0 aliphatic carbocycles. The highest BCUT2D eigenvalue weighted by Crippen LogP contribution is 2.53. The predicted octanol–water partition coefficient (Wildman–Crippen LogP) is 4.39. The Kier molecular flexibility index (Phi) is 2.11. The summed E-state index contributed by atoms with van der Waals surface area (Å²) in [5.74, 6) is 0.975. The molecule has 0 N–H and O–H groups in total. The van der Waals surface area contributed by atoms with E-state index in [0.717, 1.165) is 5.75 Å². The standard InChI is InChI=1S/C16H14NOP/c1-17-19(2)14-8-4-6-12-10-9-11-5-3-7-13(18-19)15(11)16(12)14/h3-10H,1-2H3. The molecule has 4 rings (SSSR count). The van der Waals surface area contributed by atoms with E-state index in [-0.39, 0.29) is 0 Å². The van der Waals surface area contributed by atoms with Gasteiger partial charge in [0.25, 0.3) is 0 Å². The summed E-state index contributed by atoms with van der Waals surface area (Å²) in [7, 11) is -0.0266. The van der Waals surface area contributed by atoms with Gasteiger partial charge in [-0.1, -0.05) is 36.4 Å². The van der Waals surface area contributed by atoms with Crippen molar-refractivity contribution in [2.75, 3.05) is 13.7 Å². The fourth-order valence-electron chi connectivity index (χ4n) is 2.91. The summed E-state index contributed by atoms with van der Waals surface area (Å²) in [6, 6.07) is 17.0. The predicted molar refractivity (Wildman–Crippen MR) is 82.9 cm³/mol. The molecule has 0 amide bonds. The topological polar surface area (TPSA) is 21.6 Å². The molecule has 1 aliphatic heterocycles. The van der Waals surface area contributed by atoms with Gasteiger partial charge in [0.1, 0.15) is 5.75 Å². The summed E-state index contributed by atoms with van der Waals surface area (Å²) >= 11 is 0. The second-order valence-electron chi connectivity index (χ2n) is 4.97. The fourth-order valence-corrected chi connectivity index (χ4v) is 4.86. The van der Waals surface area contributed by atoms with Gasteiger partial charge in [-0.3, -0.25) is 4.74 Å². The maximum atomic E-state index is 6.28. The van der Waals surface area contributed by atoms with Crippen LogP contribution in [0.25, 0.3) is 21.5 Å². The summed E-state index contributed by atoms with van der Waals surface area (Å²) < 4.78 is 10.9. The molecule has 1 unspecified atom stereocenters. The lowest BCUT2D eigenvalue weighted by Gasteiger charge is -2.28. The molecular formula is C16H14NOP. The van der Waals surface area contributed by atoms with Gasteiger partial charge in [0.15, 0.2) is 7.28 Å². The largest absolute Gasteiger partial charge is 0.456 e. The third kappa shape index (κ3) is 1.35. The molecule has 0 saturated heterocycles. The molecule has 1 atom stereocenters. The van der Waals surface area contributed by atoms with Crippen LogP contribution in [0, 0.1) is 0 Å². The van der Waals surface area contributed by atoms with Gasteiger partial charge in [-0.2, -0.15) is 0 Å². The highest BCUT2D eigenvalue weighted by Gasteiger charge is 2.27. The average Bonchev–Trinajstić information content (AvgIpc) is 2.46. The Labute approximate surface area is 112 Å². The van der Waals surface area contributed by atoms with E-state index in [1.165, 1.54) is 26.8 Å². The van der Waals surface area contributed by atoms with Crippen molar-refractivity contribution in [1.29, 1.82) is 0 Å². The molecule has 1 aliphatic rings. The average molecular weight is 267 g/mol. The van der Waals surface area contributed by atoms with Crippen molar-refractivity contribution in [3.63, 3.8) is 0 Å². The first-order valence-corrected chi connectivity index (χ1v) is 8.46. The van der Waals surface area contributed by atoms with Crippen LogP contribution < -0.4 is 9.83 Å². The second kappa shape index (κ2) is 3.61. The van der Waals surface area contributed by atoms with E-state index < -0.39 is 7.28 Å². The van der Waals surface area contributed by atoms with Crippen molar-refractivity contribution in [2.45, 2.75) is 0 Å². The molecule has 3 aromatic carbocycles. The van der Waals surface area contributed by atoms with Crippen LogP contribution in [-0.2, 0) is 0 Å². The minimum atomic E-state index is -1.89. The molecule has 0 fully saturated rings. The number of hydrogen-bond donors (Lipinski definition) is 0. The van der Waals surface area contributed by atoms with Gasteiger partial charge in [0.2, 0.25) is 0 Å². The smallest absolute Gasteiger partial charge is 0.160 e. The van der Waals surface area contributed by atoms with Crippen LogP contribution in [0.2, 0.25) is 0 Å². The molecule has 2 nitrogen and oxygen atoms in total. The van der Waals surface area contributed by atoms with E-state index >= 15 is 0 Å². The zero-order valence-corrected chi connectivity index (χ0v) is 11.8. The summed E-state index contributed by atoms with van der Waals surface area (Å²) in [6.45, 7) is 2.14. The van der Waals surface area contributed by atoms with E-state index in [2.05, 4.69) is 59.9 Å². The van der Waals surface area contributed by atoms with Crippen LogP contribution in [0.4, 0.5) is 0 Å². The molecule has 0 bridgehead atoms. The van der Waals surface area contributed by atoms with E-state index in [9.17, 15) is 0 Å². The van der Waals surface area contributed by atoms with Crippen LogP contribution in [0.3, 0.4) is 0 Å². The van der Waals surface area contributed by atoms with Crippen molar-refractivity contribution in [1.82, 2.24) is 0 Å². The lowest BCUT2D eigenvalue weighted by atomic mass is 10.0. The lowest BCUT2D eigenvalue weighted by Crippen LogP contribution is -2.14. The van der Waals surface area contributed by atoms with Crippen molar-refractivity contribution >= 4 is 34.1 Å². The molecule has 3 aromatic rings.